The summed E-state index contributed by atoms with van der Waals surface area (Å²) >= 11 is 0. The van der Waals surface area contributed by atoms with Gasteiger partial charge in [-0.05, 0) is 36.3 Å². The third-order valence-corrected chi connectivity index (χ3v) is 6.33. The van der Waals surface area contributed by atoms with Crippen LogP contribution in [0.5, 0.6) is 0 Å². The van der Waals surface area contributed by atoms with Crippen molar-refractivity contribution in [3.63, 3.8) is 0 Å². The van der Waals surface area contributed by atoms with E-state index in [-0.39, 0.29) is 11.2 Å². The van der Waals surface area contributed by atoms with E-state index in [4.69, 9.17) is 4.98 Å². The van der Waals surface area contributed by atoms with Crippen LogP contribution >= 0.6 is 0 Å². The Morgan fingerprint density at radius 2 is 1.67 bits per heavy atom. The van der Waals surface area contributed by atoms with E-state index in [9.17, 15) is 9.59 Å². The van der Waals surface area contributed by atoms with Crippen LogP contribution in [0.15, 0.2) is 33.9 Å². The van der Waals surface area contributed by atoms with E-state index >= 15 is 0 Å². The summed E-state index contributed by atoms with van der Waals surface area (Å²) in [5.74, 6) is 2.12. The molecule has 0 N–H and O–H groups in total. The van der Waals surface area contributed by atoms with E-state index in [1.54, 1.807) is 7.05 Å². The van der Waals surface area contributed by atoms with Crippen molar-refractivity contribution in [3.05, 3.63) is 62.1 Å². The van der Waals surface area contributed by atoms with Crippen LogP contribution in [0.2, 0.25) is 0 Å². The number of benzene rings is 1. The van der Waals surface area contributed by atoms with Crippen LogP contribution in [-0.2, 0) is 27.2 Å². The first-order valence-corrected chi connectivity index (χ1v) is 10.7. The predicted octanol–water partition coefficient (Wildman–Crippen LogP) is 2.27. The second-order valence-electron chi connectivity index (χ2n) is 9.06. The maximum atomic E-state index is 13.1. The molecular weight excluding hydrogens is 378 g/mol. The summed E-state index contributed by atoms with van der Waals surface area (Å²) in [6.45, 7) is 9.94. The zero-order valence-corrected chi connectivity index (χ0v) is 18.6. The van der Waals surface area contributed by atoms with Gasteiger partial charge in [-0.15, -0.1) is 0 Å². The molecule has 1 saturated heterocycles. The van der Waals surface area contributed by atoms with Gasteiger partial charge in [0.2, 0.25) is 0 Å². The van der Waals surface area contributed by atoms with Crippen LogP contribution < -0.4 is 11.2 Å². The number of imidazole rings is 1. The smallest absolute Gasteiger partial charge is 0.317 e. The molecular formula is C23H31N5O2. The van der Waals surface area contributed by atoms with Gasteiger partial charge in [0, 0.05) is 33.7 Å². The molecule has 0 spiro atoms. The standard InChI is InChI=1S/C23H31N5O2/c1-15-10-16(2)12-27(11-15)14-19-24-21-20(22(29)26(5)23(30)25(21)4)28(19)13-18-9-7-6-8-17(18)3/h6-9,15-16H,10-14H2,1-5H3/t15-,16-/m1/s1. The van der Waals surface area contributed by atoms with Crippen molar-refractivity contribution < 1.29 is 0 Å². The summed E-state index contributed by atoms with van der Waals surface area (Å²) in [5.41, 5.74) is 2.64. The maximum Gasteiger partial charge on any atom is 0.332 e. The number of likely N-dealkylation sites (tertiary alicyclic amines) is 1. The minimum absolute atomic E-state index is 0.291. The average Bonchev–Trinajstić information content (AvgIpc) is 3.04. The first-order valence-electron chi connectivity index (χ1n) is 10.7. The van der Waals surface area contributed by atoms with Crippen molar-refractivity contribution >= 4 is 11.2 Å². The highest BCUT2D eigenvalue weighted by Crippen LogP contribution is 2.24. The molecule has 4 rings (SSSR count). The molecule has 0 radical (unpaired) electrons. The highest BCUT2D eigenvalue weighted by molar-refractivity contribution is 5.71. The number of piperidine rings is 1. The summed E-state index contributed by atoms with van der Waals surface area (Å²) in [4.78, 5) is 32.8. The monoisotopic (exact) mass is 409 g/mol. The number of aryl methyl sites for hydroxylation is 2. The molecule has 0 aliphatic carbocycles. The van der Waals surface area contributed by atoms with E-state index in [0.717, 1.165) is 24.5 Å². The minimum atomic E-state index is -0.347. The second-order valence-corrected chi connectivity index (χ2v) is 9.06. The van der Waals surface area contributed by atoms with E-state index in [2.05, 4.69) is 37.8 Å². The van der Waals surface area contributed by atoms with Gasteiger partial charge in [0.1, 0.15) is 5.82 Å². The Labute approximate surface area is 176 Å². The van der Waals surface area contributed by atoms with Gasteiger partial charge in [0.05, 0.1) is 6.54 Å². The van der Waals surface area contributed by atoms with Crippen molar-refractivity contribution in [1.82, 2.24) is 23.6 Å². The zero-order chi connectivity index (χ0) is 21.6. The van der Waals surface area contributed by atoms with Crippen molar-refractivity contribution in [3.8, 4) is 0 Å². The first-order chi connectivity index (χ1) is 14.3. The van der Waals surface area contributed by atoms with E-state index in [1.165, 1.54) is 28.2 Å². The van der Waals surface area contributed by atoms with Crippen LogP contribution in [0.4, 0.5) is 0 Å². The highest BCUT2D eigenvalue weighted by Gasteiger charge is 2.25. The van der Waals surface area contributed by atoms with E-state index < -0.39 is 0 Å². The topological polar surface area (TPSA) is 65.1 Å². The fourth-order valence-electron chi connectivity index (χ4n) is 4.86. The Bertz CT molecular complexity index is 1190. The molecule has 3 aromatic rings. The number of nitrogens with zero attached hydrogens (tertiary/aromatic N) is 5. The van der Waals surface area contributed by atoms with Gasteiger partial charge in [-0.25, -0.2) is 9.78 Å². The minimum Gasteiger partial charge on any atom is -0.317 e. The Hall–Kier alpha value is -2.67. The Kier molecular flexibility index (Phi) is 5.40. The SMILES string of the molecule is Cc1ccccc1Cn1c(CN2C[C@H](C)C[C@@H](C)C2)nc2c1c(=O)n(C)c(=O)n2C. The third kappa shape index (κ3) is 3.62. The van der Waals surface area contributed by atoms with Crippen molar-refractivity contribution in [2.45, 2.75) is 40.3 Å². The molecule has 1 aromatic carbocycles. The summed E-state index contributed by atoms with van der Waals surface area (Å²) in [6, 6.07) is 8.20. The molecule has 3 heterocycles. The van der Waals surface area contributed by atoms with Crippen LogP contribution in [-0.4, -0.2) is 36.7 Å². The van der Waals surface area contributed by atoms with Gasteiger partial charge in [-0.3, -0.25) is 18.8 Å². The summed E-state index contributed by atoms with van der Waals surface area (Å²) < 4.78 is 4.67. The molecule has 7 nitrogen and oxygen atoms in total. The lowest BCUT2D eigenvalue weighted by atomic mass is 9.92. The van der Waals surface area contributed by atoms with Gasteiger partial charge in [0.15, 0.2) is 11.2 Å². The average molecular weight is 410 g/mol. The predicted molar refractivity (Wildman–Crippen MR) is 119 cm³/mol. The molecule has 0 unspecified atom stereocenters. The second kappa shape index (κ2) is 7.87. The molecule has 1 aliphatic rings. The van der Waals surface area contributed by atoms with Crippen molar-refractivity contribution in [1.29, 1.82) is 0 Å². The fraction of sp³-hybridized carbons (Fsp3) is 0.522. The van der Waals surface area contributed by atoms with Gasteiger partial charge in [-0.1, -0.05) is 38.1 Å². The normalized spacial score (nSPS) is 20.2. The van der Waals surface area contributed by atoms with Gasteiger partial charge in [0.25, 0.3) is 5.56 Å². The number of fused-ring (bicyclic) bond motifs is 1. The summed E-state index contributed by atoms with van der Waals surface area (Å²) in [7, 11) is 3.22. The lowest BCUT2D eigenvalue weighted by molar-refractivity contribution is 0.130. The molecule has 2 aromatic heterocycles. The molecule has 160 valence electrons. The Morgan fingerprint density at radius 3 is 2.33 bits per heavy atom. The zero-order valence-electron chi connectivity index (χ0n) is 18.6. The lowest BCUT2D eigenvalue weighted by Gasteiger charge is -2.34. The molecule has 2 atom stereocenters. The van der Waals surface area contributed by atoms with Crippen LogP contribution in [0.1, 0.15) is 37.2 Å². The molecule has 1 fully saturated rings. The molecule has 0 bridgehead atoms. The molecule has 0 amide bonds. The number of rotatable bonds is 4. The number of aromatic nitrogens is 4. The summed E-state index contributed by atoms with van der Waals surface area (Å²) in [5, 5.41) is 0. The summed E-state index contributed by atoms with van der Waals surface area (Å²) in [6.07, 6.45) is 1.24. The first kappa shape index (κ1) is 20.6. The number of hydrogen-bond acceptors (Lipinski definition) is 4. The molecule has 0 saturated carbocycles. The van der Waals surface area contributed by atoms with Crippen molar-refractivity contribution in [2.24, 2.45) is 25.9 Å². The van der Waals surface area contributed by atoms with Crippen LogP contribution in [0.3, 0.4) is 0 Å². The van der Waals surface area contributed by atoms with Crippen molar-refractivity contribution in [2.75, 3.05) is 13.1 Å². The molecule has 1 aliphatic heterocycles. The van der Waals surface area contributed by atoms with Gasteiger partial charge >= 0.3 is 5.69 Å². The number of hydrogen-bond donors (Lipinski definition) is 0. The van der Waals surface area contributed by atoms with Gasteiger partial charge in [-0.2, -0.15) is 0 Å². The Morgan fingerprint density at radius 1 is 1.00 bits per heavy atom. The van der Waals surface area contributed by atoms with Gasteiger partial charge < -0.3 is 4.57 Å². The van der Waals surface area contributed by atoms with E-state index in [0.29, 0.717) is 36.1 Å². The van der Waals surface area contributed by atoms with E-state index in [1.807, 2.05) is 16.7 Å². The fourth-order valence-corrected chi connectivity index (χ4v) is 4.86. The molecule has 7 heteroatoms. The van der Waals surface area contributed by atoms with Crippen LogP contribution in [0.25, 0.3) is 11.2 Å². The lowest BCUT2D eigenvalue weighted by Crippen LogP contribution is -2.39. The third-order valence-electron chi connectivity index (χ3n) is 6.33. The highest BCUT2D eigenvalue weighted by atomic mass is 16.2. The molecule has 30 heavy (non-hydrogen) atoms. The quantitative estimate of drug-likeness (QED) is 0.663. The largest absolute Gasteiger partial charge is 0.332 e. The van der Waals surface area contributed by atoms with Crippen LogP contribution in [0, 0.1) is 18.8 Å². The maximum absolute atomic E-state index is 13.1. The Balaban J connectivity index is 1.87.